The van der Waals surface area contributed by atoms with Crippen LogP contribution in [0.2, 0.25) is 0 Å². The van der Waals surface area contributed by atoms with Crippen LogP contribution in [-0.2, 0) is 22.7 Å². The van der Waals surface area contributed by atoms with Gasteiger partial charge in [0.1, 0.15) is 11.5 Å². The van der Waals surface area contributed by atoms with E-state index in [1.165, 1.54) is 93.5 Å². The predicted molar refractivity (Wildman–Crippen MR) is 293 cm³/mol. The number of hydrogen-bond donors (Lipinski definition) is 2. The van der Waals surface area contributed by atoms with Gasteiger partial charge in [0.2, 0.25) is 0 Å². The Bertz CT molecular complexity index is 3800. The fourth-order valence-corrected chi connectivity index (χ4v) is 13.4. The van der Waals surface area contributed by atoms with Crippen LogP contribution in [0.4, 0.5) is 34.1 Å². The quantitative estimate of drug-likeness (QED) is 0.156. The van der Waals surface area contributed by atoms with Crippen LogP contribution < -0.4 is 9.80 Å². The second-order valence-corrected chi connectivity index (χ2v) is 22.3. The summed E-state index contributed by atoms with van der Waals surface area (Å²) in [5, 5.41) is 29.3. The topological polar surface area (TPSA) is 46.9 Å². The summed E-state index contributed by atoms with van der Waals surface area (Å²) in [6, 6.07) is 59.4. The van der Waals surface area contributed by atoms with Crippen molar-refractivity contribution in [2.24, 2.45) is 0 Å². The Morgan fingerprint density at radius 3 is 1.44 bits per heavy atom. The Morgan fingerprint density at radius 1 is 0.429 bits per heavy atom. The van der Waals surface area contributed by atoms with E-state index in [9.17, 15) is 10.2 Å². The molecule has 13 rings (SSSR count). The Balaban J connectivity index is 1.17. The fourth-order valence-electron chi connectivity index (χ4n) is 13.4. The number of nitrogens with zero attached hydrogens (tertiary/aromatic N) is 2. The van der Waals surface area contributed by atoms with Crippen LogP contribution in [0.15, 0.2) is 164 Å². The molecule has 0 saturated heterocycles. The van der Waals surface area contributed by atoms with Crippen LogP contribution in [0, 0.1) is 0 Å². The number of benzene rings is 10. The number of aromatic hydroxyl groups is 2. The molecule has 3 aliphatic carbocycles. The zero-order valence-corrected chi connectivity index (χ0v) is 41.4. The van der Waals surface area contributed by atoms with Crippen LogP contribution >= 0.6 is 0 Å². The minimum atomic E-state index is -0.272. The number of fused-ring (bicyclic) bond motifs is 6. The van der Waals surface area contributed by atoms with Gasteiger partial charge in [0.05, 0.1) is 22.7 Å². The third kappa shape index (κ3) is 5.83. The summed E-state index contributed by atoms with van der Waals surface area (Å²) in [4.78, 5) is 5.00. The average Bonchev–Trinajstić information content (AvgIpc) is 3.74. The van der Waals surface area contributed by atoms with Crippen LogP contribution in [0.25, 0.3) is 54.6 Å². The molecule has 4 heteroatoms. The lowest BCUT2D eigenvalue weighted by atomic mass is 9.70. The second-order valence-electron chi connectivity index (χ2n) is 22.3. The summed E-state index contributed by atoms with van der Waals surface area (Å²) in [5.74, 6) is 0.711. The van der Waals surface area contributed by atoms with E-state index in [0.29, 0.717) is 0 Å². The van der Waals surface area contributed by atoms with Gasteiger partial charge in [-0.15, -0.1) is 0 Å². The fraction of sp³-hybridized carbons (Fsp3) is 0.212. The largest absolute Gasteiger partial charge is 0.508 e. The summed E-state index contributed by atoms with van der Waals surface area (Å²) in [5.41, 5.74) is 20.4. The summed E-state index contributed by atoms with van der Waals surface area (Å²) in [6.07, 6.45) is 1.98. The van der Waals surface area contributed by atoms with Gasteiger partial charge in [-0.2, -0.15) is 0 Å². The molecule has 10 aromatic carbocycles. The highest BCUT2D eigenvalue weighted by molar-refractivity contribution is 6.30. The van der Waals surface area contributed by atoms with Crippen molar-refractivity contribution >= 4 is 66.4 Å². The number of aryl methyl sites for hydroxylation is 1. The van der Waals surface area contributed by atoms with Crippen molar-refractivity contribution in [1.29, 1.82) is 0 Å². The molecule has 4 nitrogen and oxygen atoms in total. The normalized spacial score (nSPS) is 15.6. The maximum absolute atomic E-state index is 10.8. The lowest BCUT2D eigenvalue weighted by Crippen LogP contribution is -2.24. The monoisotopic (exact) mass is 910 g/mol. The van der Waals surface area contributed by atoms with Crippen molar-refractivity contribution in [3.63, 3.8) is 0 Å². The molecule has 0 aromatic heterocycles. The molecule has 0 fully saturated rings. The molecular formula is C66H58N2O2. The van der Waals surface area contributed by atoms with E-state index in [4.69, 9.17) is 0 Å². The number of anilines is 6. The van der Waals surface area contributed by atoms with Crippen LogP contribution in [-0.4, -0.2) is 10.2 Å². The van der Waals surface area contributed by atoms with Gasteiger partial charge in [0, 0.05) is 38.4 Å². The van der Waals surface area contributed by atoms with Crippen molar-refractivity contribution in [2.45, 2.75) is 90.4 Å². The zero-order chi connectivity index (χ0) is 48.2. The Labute approximate surface area is 411 Å². The van der Waals surface area contributed by atoms with Crippen molar-refractivity contribution in [3.8, 4) is 33.8 Å². The molecule has 2 N–H and O–H groups in total. The molecule has 0 aliphatic heterocycles. The number of phenolic OH excluding ortho intramolecular Hbond substituents is 2. The van der Waals surface area contributed by atoms with Gasteiger partial charge < -0.3 is 20.0 Å². The van der Waals surface area contributed by atoms with Gasteiger partial charge in [-0.3, -0.25) is 0 Å². The lowest BCUT2D eigenvalue weighted by Gasteiger charge is -2.38. The van der Waals surface area contributed by atoms with Crippen molar-refractivity contribution in [2.75, 3.05) is 9.80 Å². The first-order valence-electron chi connectivity index (χ1n) is 25.1. The third-order valence-corrected chi connectivity index (χ3v) is 16.7. The van der Waals surface area contributed by atoms with Crippen molar-refractivity contribution < 1.29 is 10.2 Å². The molecule has 0 saturated carbocycles. The second kappa shape index (κ2) is 14.7. The summed E-state index contributed by atoms with van der Waals surface area (Å²) in [7, 11) is 0. The van der Waals surface area contributed by atoms with Crippen molar-refractivity contribution in [1.82, 2.24) is 0 Å². The third-order valence-electron chi connectivity index (χ3n) is 16.7. The summed E-state index contributed by atoms with van der Waals surface area (Å²) >= 11 is 0. The smallest absolute Gasteiger partial charge is 0.115 e. The number of hydrogen-bond acceptors (Lipinski definition) is 4. The highest BCUT2D eigenvalue weighted by atomic mass is 16.3. The standard InChI is InChI=1S/C66H58N2O2/c1-38(2)50-37-58(68(41-25-29-43(70)30-26-41)56-22-14-18-48-45-16-10-12-20-53(45)66(7,8)63(48)56)51-36-54-59-39(33-34-64(54,3)4)35-57(49-32-31-46(50)60(51)61(49)59)67(40-23-27-42(69)28-24-40)55-21-13-17-47-44-15-9-11-19-52(44)65(5,6)62(47)55/h9-32,35-38,69-70H,33-34H2,1-8H3. The molecule has 3 aliphatic rings. The SMILES string of the molecule is CC(C)c1cc(N(c2ccc(O)cc2)c2cccc3c2C(C)(C)c2ccccc2-3)c2cc3c4c(cc(N(c5ccc(O)cc5)c5cccc6c5C(C)(C)c5ccccc5-6)c5ccc1c2c54)CCC3(C)C. The Hall–Kier alpha value is -7.56. The van der Waals surface area contributed by atoms with E-state index in [1.807, 2.05) is 24.3 Å². The molecule has 0 spiro atoms. The van der Waals surface area contributed by atoms with Gasteiger partial charge in [0.25, 0.3) is 0 Å². The molecule has 0 unspecified atom stereocenters. The molecule has 0 bridgehead atoms. The Kier molecular flexibility index (Phi) is 8.95. The molecule has 10 aromatic rings. The van der Waals surface area contributed by atoms with E-state index < -0.39 is 0 Å². The van der Waals surface area contributed by atoms with Gasteiger partial charge >= 0.3 is 0 Å². The van der Waals surface area contributed by atoms with Crippen LogP contribution in [0.3, 0.4) is 0 Å². The lowest BCUT2D eigenvalue weighted by molar-refractivity contribution is 0.475. The van der Waals surface area contributed by atoms with E-state index in [1.54, 1.807) is 0 Å². The molecule has 0 amide bonds. The minimum Gasteiger partial charge on any atom is -0.508 e. The average molecular weight is 911 g/mol. The zero-order valence-electron chi connectivity index (χ0n) is 41.4. The molecule has 70 heavy (non-hydrogen) atoms. The van der Waals surface area contributed by atoms with E-state index in [2.05, 4.69) is 205 Å². The first-order chi connectivity index (χ1) is 33.6. The predicted octanol–water partition coefficient (Wildman–Crippen LogP) is 17.9. The van der Waals surface area contributed by atoms with Crippen molar-refractivity contribution in [3.05, 3.63) is 203 Å². The molecule has 0 heterocycles. The van der Waals surface area contributed by atoms with Gasteiger partial charge in [-0.1, -0.05) is 140 Å². The first-order valence-corrected chi connectivity index (χ1v) is 25.1. The van der Waals surface area contributed by atoms with Gasteiger partial charge in [0.15, 0.2) is 0 Å². The number of rotatable bonds is 7. The van der Waals surface area contributed by atoms with Crippen LogP contribution in [0.1, 0.15) is 107 Å². The van der Waals surface area contributed by atoms with E-state index in [-0.39, 0.29) is 33.7 Å². The molecule has 0 radical (unpaired) electrons. The summed E-state index contributed by atoms with van der Waals surface area (Å²) in [6.45, 7) is 19.0. The number of phenols is 2. The maximum atomic E-state index is 10.8. The summed E-state index contributed by atoms with van der Waals surface area (Å²) < 4.78 is 0. The minimum absolute atomic E-state index is 0.0943. The van der Waals surface area contributed by atoms with Gasteiger partial charge in [-0.05, 0) is 180 Å². The van der Waals surface area contributed by atoms with Crippen LogP contribution in [0.5, 0.6) is 11.5 Å². The molecular weight excluding hydrogens is 853 g/mol. The van der Waals surface area contributed by atoms with Gasteiger partial charge in [-0.25, -0.2) is 0 Å². The highest BCUT2D eigenvalue weighted by Gasteiger charge is 2.42. The first kappa shape index (κ1) is 42.5. The van der Waals surface area contributed by atoms with E-state index in [0.717, 1.165) is 47.0 Å². The Morgan fingerprint density at radius 2 is 0.914 bits per heavy atom. The van der Waals surface area contributed by atoms with E-state index >= 15 is 0 Å². The molecule has 344 valence electrons. The highest BCUT2D eigenvalue weighted by Crippen LogP contribution is 2.59. The molecule has 0 atom stereocenters. The maximum Gasteiger partial charge on any atom is 0.115 e.